The number of amides is 2. The molecule has 0 unspecified atom stereocenters. The number of carbonyl (C=O) groups excluding carboxylic acids is 2. The maximum atomic E-state index is 13.7. The Morgan fingerprint density at radius 1 is 0.917 bits per heavy atom. The number of anilines is 2. The lowest BCUT2D eigenvalue weighted by molar-refractivity contribution is -0.124. The summed E-state index contributed by atoms with van der Waals surface area (Å²) >= 11 is 0. The number of ether oxygens (including phenoxy) is 3. The SMILES string of the molecule is O=C(Nc1cccc(C(=O)N(C/C=C/c2ccccc2)c2ccc3c(c2)OCCO3)c1)[C@H]1CCCO1. The Morgan fingerprint density at radius 2 is 1.75 bits per heavy atom. The van der Waals surface area contributed by atoms with Crippen LogP contribution in [-0.2, 0) is 9.53 Å². The molecule has 1 saturated heterocycles. The fourth-order valence-electron chi connectivity index (χ4n) is 4.26. The van der Waals surface area contributed by atoms with Gasteiger partial charge in [-0.05, 0) is 48.7 Å². The normalized spacial score (nSPS) is 16.6. The van der Waals surface area contributed by atoms with Gasteiger partial charge in [0.2, 0.25) is 0 Å². The van der Waals surface area contributed by atoms with Crippen molar-refractivity contribution in [1.29, 1.82) is 0 Å². The van der Waals surface area contributed by atoms with Crippen molar-refractivity contribution in [2.75, 3.05) is 36.6 Å². The molecule has 2 amide bonds. The first-order chi connectivity index (χ1) is 17.7. The topological polar surface area (TPSA) is 77.1 Å². The first kappa shape index (κ1) is 23.6. The van der Waals surface area contributed by atoms with Crippen LogP contribution in [0.25, 0.3) is 6.08 Å². The molecule has 0 bridgehead atoms. The first-order valence-electron chi connectivity index (χ1n) is 12.1. The third-order valence-electron chi connectivity index (χ3n) is 6.08. The van der Waals surface area contributed by atoms with Crippen LogP contribution in [0.1, 0.15) is 28.8 Å². The van der Waals surface area contributed by atoms with Gasteiger partial charge in [-0.2, -0.15) is 0 Å². The summed E-state index contributed by atoms with van der Waals surface area (Å²) in [6.07, 6.45) is 5.07. The van der Waals surface area contributed by atoms with Gasteiger partial charge in [0, 0.05) is 36.2 Å². The van der Waals surface area contributed by atoms with E-state index in [2.05, 4.69) is 5.32 Å². The molecule has 7 nitrogen and oxygen atoms in total. The summed E-state index contributed by atoms with van der Waals surface area (Å²) in [4.78, 5) is 27.9. The quantitative estimate of drug-likeness (QED) is 0.514. The predicted octanol–water partition coefficient (Wildman–Crippen LogP) is 4.94. The first-order valence-corrected chi connectivity index (χ1v) is 12.1. The number of fused-ring (bicyclic) bond motifs is 1. The number of carbonyl (C=O) groups is 2. The molecule has 3 aromatic carbocycles. The largest absolute Gasteiger partial charge is 0.486 e. The number of benzene rings is 3. The highest BCUT2D eigenvalue weighted by molar-refractivity contribution is 6.07. The van der Waals surface area contributed by atoms with Crippen LogP contribution in [0, 0.1) is 0 Å². The maximum absolute atomic E-state index is 13.7. The van der Waals surface area contributed by atoms with Crippen molar-refractivity contribution in [2.24, 2.45) is 0 Å². The minimum Gasteiger partial charge on any atom is -0.486 e. The zero-order valence-corrected chi connectivity index (χ0v) is 19.9. The van der Waals surface area contributed by atoms with Crippen molar-refractivity contribution in [1.82, 2.24) is 0 Å². The van der Waals surface area contributed by atoms with Gasteiger partial charge in [0.1, 0.15) is 19.3 Å². The highest BCUT2D eigenvalue weighted by Gasteiger charge is 2.24. The molecular formula is C29H28N2O5. The van der Waals surface area contributed by atoms with E-state index >= 15 is 0 Å². The summed E-state index contributed by atoms with van der Waals surface area (Å²) in [6, 6.07) is 22.4. The smallest absolute Gasteiger partial charge is 0.258 e. The van der Waals surface area contributed by atoms with Crippen LogP contribution in [0.4, 0.5) is 11.4 Å². The van der Waals surface area contributed by atoms with E-state index in [1.807, 2.05) is 60.7 Å². The van der Waals surface area contributed by atoms with E-state index in [0.717, 1.165) is 12.0 Å². The molecular weight excluding hydrogens is 456 g/mol. The minimum atomic E-state index is -0.443. The minimum absolute atomic E-state index is 0.188. The summed E-state index contributed by atoms with van der Waals surface area (Å²) in [5.74, 6) is 0.890. The van der Waals surface area contributed by atoms with Crippen molar-refractivity contribution in [3.05, 3.63) is 90.0 Å². The van der Waals surface area contributed by atoms with E-state index in [1.165, 1.54) is 0 Å². The van der Waals surface area contributed by atoms with Crippen molar-refractivity contribution in [3.63, 3.8) is 0 Å². The van der Waals surface area contributed by atoms with Crippen molar-refractivity contribution < 1.29 is 23.8 Å². The number of nitrogens with zero attached hydrogens (tertiary/aromatic N) is 1. The molecule has 1 N–H and O–H groups in total. The molecule has 2 aliphatic rings. The monoisotopic (exact) mass is 484 g/mol. The number of hydrogen-bond acceptors (Lipinski definition) is 5. The van der Waals surface area contributed by atoms with Crippen molar-refractivity contribution in [3.8, 4) is 11.5 Å². The van der Waals surface area contributed by atoms with Gasteiger partial charge in [0.25, 0.3) is 11.8 Å². The van der Waals surface area contributed by atoms with Crippen molar-refractivity contribution in [2.45, 2.75) is 18.9 Å². The molecule has 0 saturated carbocycles. The van der Waals surface area contributed by atoms with Crippen LogP contribution in [0.2, 0.25) is 0 Å². The lowest BCUT2D eigenvalue weighted by atomic mass is 10.1. The Morgan fingerprint density at radius 3 is 2.56 bits per heavy atom. The summed E-state index contributed by atoms with van der Waals surface area (Å²) in [6.45, 7) is 1.90. The molecule has 2 heterocycles. The molecule has 5 rings (SSSR count). The van der Waals surface area contributed by atoms with E-state index in [1.54, 1.807) is 29.2 Å². The Kier molecular flexibility index (Phi) is 7.28. The van der Waals surface area contributed by atoms with E-state index in [9.17, 15) is 9.59 Å². The zero-order chi connectivity index (χ0) is 24.7. The van der Waals surface area contributed by atoms with Crippen LogP contribution < -0.4 is 19.7 Å². The summed E-state index contributed by atoms with van der Waals surface area (Å²) in [5.41, 5.74) is 2.76. The van der Waals surface area contributed by atoms with Crippen LogP contribution in [-0.4, -0.2) is 44.3 Å². The maximum Gasteiger partial charge on any atom is 0.258 e. The van der Waals surface area contributed by atoms with Crippen LogP contribution in [0.3, 0.4) is 0 Å². The fourth-order valence-corrected chi connectivity index (χ4v) is 4.26. The molecule has 0 aromatic heterocycles. The average molecular weight is 485 g/mol. The second-order valence-electron chi connectivity index (χ2n) is 8.63. The van der Waals surface area contributed by atoms with E-state index < -0.39 is 6.10 Å². The number of rotatable bonds is 7. The number of nitrogens with one attached hydrogen (secondary N) is 1. The van der Waals surface area contributed by atoms with Gasteiger partial charge in [-0.3, -0.25) is 9.59 Å². The standard InChI is InChI=1S/C29H28N2O5/c32-28(26-12-6-16-34-26)30-23-11-4-10-22(19-23)29(33)31(15-5-9-21-7-2-1-3-8-21)24-13-14-25-27(20-24)36-18-17-35-25/h1-5,7-11,13-14,19-20,26H,6,12,15-18H2,(H,30,32)/b9-5+/t26-/m1/s1. The zero-order valence-electron chi connectivity index (χ0n) is 19.9. The average Bonchev–Trinajstić information content (AvgIpc) is 3.47. The van der Waals surface area contributed by atoms with Gasteiger partial charge < -0.3 is 24.4 Å². The lowest BCUT2D eigenvalue weighted by Crippen LogP contribution is -2.31. The van der Waals surface area contributed by atoms with E-state index in [0.29, 0.717) is 61.2 Å². The molecule has 7 heteroatoms. The molecule has 0 radical (unpaired) electrons. The fraction of sp³-hybridized carbons (Fsp3) is 0.241. The van der Waals surface area contributed by atoms with Crippen LogP contribution in [0.15, 0.2) is 78.9 Å². The van der Waals surface area contributed by atoms with Gasteiger partial charge in [-0.1, -0.05) is 48.6 Å². The van der Waals surface area contributed by atoms with Crippen molar-refractivity contribution >= 4 is 29.3 Å². The Balaban J connectivity index is 1.40. The Hall–Kier alpha value is -4.10. The highest BCUT2D eigenvalue weighted by Crippen LogP contribution is 2.34. The molecule has 36 heavy (non-hydrogen) atoms. The van der Waals surface area contributed by atoms with E-state index in [4.69, 9.17) is 14.2 Å². The summed E-state index contributed by atoms with van der Waals surface area (Å²) in [7, 11) is 0. The predicted molar refractivity (Wildman–Crippen MR) is 139 cm³/mol. The number of hydrogen-bond donors (Lipinski definition) is 1. The molecule has 0 spiro atoms. The van der Waals surface area contributed by atoms with E-state index in [-0.39, 0.29) is 11.8 Å². The second-order valence-corrected chi connectivity index (χ2v) is 8.63. The highest BCUT2D eigenvalue weighted by atomic mass is 16.6. The summed E-state index contributed by atoms with van der Waals surface area (Å²) in [5, 5.41) is 2.88. The molecule has 3 aromatic rings. The molecule has 0 aliphatic carbocycles. The lowest BCUT2D eigenvalue weighted by Gasteiger charge is -2.25. The van der Waals surface area contributed by atoms with Gasteiger partial charge in [-0.15, -0.1) is 0 Å². The van der Waals surface area contributed by atoms with Gasteiger partial charge >= 0.3 is 0 Å². The molecule has 184 valence electrons. The summed E-state index contributed by atoms with van der Waals surface area (Å²) < 4.78 is 16.9. The second kappa shape index (κ2) is 11.1. The third-order valence-corrected chi connectivity index (χ3v) is 6.08. The molecule has 1 fully saturated rings. The third kappa shape index (κ3) is 5.58. The van der Waals surface area contributed by atoms with Gasteiger partial charge in [0.05, 0.1) is 0 Å². The van der Waals surface area contributed by atoms with Crippen LogP contribution in [0.5, 0.6) is 11.5 Å². The van der Waals surface area contributed by atoms with Crippen LogP contribution >= 0.6 is 0 Å². The van der Waals surface area contributed by atoms with Gasteiger partial charge in [0.15, 0.2) is 11.5 Å². The molecule has 2 aliphatic heterocycles. The Labute approximate surface area is 210 Å². The molecule has 1 atom stereocenters. The van der Waals surface area contributed by atoms with Gasteiger partial charge in [-0.25, -0.2) is 0 Å². The Bertz CT molecular complexity index is 1250.